The normalized spacial score (nSPS) is 23.6. The molecule has 1 aliphatic heterocycles. The Morgan fingerprint density at radius 3 is 2.20 bits per heavy atom. The molecular formula is C25H20B2N6O8. The van der Waals surface area contributed by atoms with Crippen molar-refractivity contribution in [2.45, 2.75) is 30.1 Å². The fourth-order valence-electron chi connectivity index (χ4n) is 4.42. The highest BCUT2D eigenvalue weighted by atomic mass is 16.8. The molecule has 0 bridgehead atoms. The van der Waals surface area contributed by atoms with Crippen molar-refractivity contribution in [3.8, 4) is 28.4 Å². The van der Waals surface area contributed by atoms with E-state index >= 15 is 0 Å². The van der Waals surface area contributed by atoms with E-state index in [9.17, 15) is 30.6 Å². The number of furan rings is 1. The molecule has 4 radical (unpaired) electrons. The lowest BCUT2D eigenvalue weighted by atomic mass is 9.80. The van der Waals surface area contributed by atoms with Crippen LogP contribution in [0.3, 0.4) is 0 Å². The number of morpholine rings is 1. The van der Waals surface area contributed by atoms with E-state index in [1.807, 2.05) is 31.2 Å². The number of benzene rings is 1. The molecule has 1 fully saturated rings. The lowest BCUT2D eigenvalue weighted by Gasteiger charge is -2.58. The van der Waals surface area contributed by atoms with Crippen LogP contribution in [-0.2, 0) is 4.74 Å². The second-order valence-electron chi connectivity index (χ2n) is 9.56. The molecule has 16 heteroatoms. The lowest BCUT2D eigenvalue weighted by Crippen LogP contribution is -2.85. The number of hydrogen-bond donors (Lipinski definition) is 6. The molecule has 0 spiro atoms. The highest BCUT2D eigenvalue weighted by Gasteiger charge is 2.70. The van der Waals surface area contributed by atoms with E-state index in [4.69, 9.17) is 20.1 Å². The van der Waals surface area contributed by atoms with Crippen LogP contribution in [0.15, 0.2) is 71.7 Å². The smallest absolute Gasteiger partial charge is 0.298 e. The van der Waals surface area contributed by atoms with Gasteiger partial charge in [-0.1, -0.05) is 29.8 Å². The number of fused-ring (bicyclic) bond motifs is 1. The zero-order chi connectivity index (χ0) is 29.4. The van der Waals surface area contributed by atoms with Crippen LogP contribution >= 0.6 is 0 Å². The maximum Gasteiger partial charge on any atom is 0.298 e. The van der Waals surface area contributed by atoms with E-state index in [0.717, 1.165) is 11.1 Å². The van der Waals surface area contributed by atoms with Crippen molar-refractivity contribution in [3.63, 3.8) is 0 Å². The summed E-state index contributed by atoms with van der Waals surface area (Å²) in [7, 11) is 11.0. The number of anilines is 1. The van der Waals surface area contributed by atoms with E-state index in [1.165, 1.54) is 29.3 Å². The predicted molar refractivity (Wildman–Crippen MR) is 142 cm³/mol. The molecule has 6 rings (SSSR count). The van der Waals surface area contributed by atoms with Crippen LogP contribution in [0, 0.1) is 6.92 Å². The summed E-state index contributed by atoms with van der Waals surface area (Å²) in [5.41, 5.74) is -4.52. The first-order chi connectivity index (χ1) is 19.2. The molecule has 6 N–H and O–H groups in total. The van der Waals surface area contributed by atoms with Gasteiger partial charge in [0.1, 0.15) is 11.3 Å². The maximum absolute atomic E-state index is 10.9. The minimum Gasteiger partial charge on any atom is -0.450 e. The Morgan fingerprint density at radius 2 is 1.54 bits per heavy atom. The Morgan fingerprint density at radius 1 is 0.829 bits per heavy atom. The van der Waals surface area contributed by atoms with Crippen molar-refractivity contribution in [1.29, 1.82) is 0 Å². The number of aryl methyl sites for hydroxylation is 1. The van der Waals surface area contributed by atoms with E-state index < -0.39 is 29.0 Å². The van der Waals surface area contributed by atoms with E-state index in [-0.39, 0.29) is 27.7 Å². The van der Waals surface area contributed by atoms with Gasteiger partial charge in [0.2, 0.25) is 0 Å². The van der Waals surface area contributed by atoms with E-state index in [1.54, 1.807) is 18.3 Å². The fourth-order valence-corrected chi connectivity index (χ4v) is 4.42. The number of ether oxygens (including phenoxy) is 1. The Bertz CT molecular complexity index is 1750. The van der Waals surface area contributed by atoms with Gasteiger partial charge in [-0.05, 0) is 24.6 Å². The zero-order valence-corrected chi connectivity index (χ0v) is 21.2. The summed E-state index contributed by atoms with van der Waals surface area (Å²) in [4.78, 5) is 12.5. The third-order valence-corrected chi connectivity index (χ3v) is 6.53. The third-order valence-electron chi connectivity index (χ3n) is 6.53. The average Bonchev–Trinajstić information content (AvgIpc) is 3.56. The second kappa shape index (κ2) is 8.92. The zero-order valence-electron chi connectivity index (χ0n) is 21.2. The minimum absolute atomic E-state index is 0.00988. The van der Waals surface area contributed by atoms with Crippen molar-refractivity contribution in [2.24, 2.45) is 0 Å². The van der Waals surface area contributed by atoms with Crippen LogP contribution in [0.1, 0.15) is 5.56 Å². The van der Waals surface area contributed by atoms with E-state index in [2.05, 4.69) is 24.8 Å². The summed E-state index contributed by atoms with van der Waals surface area (Å²) in [5, 5.41) is 68.7. The van der Waals surface area contributed by atoms with Crippen molar-refractivity contribution in [2.75, 3.05) is 4.90 Å². The van der Waals surface area contributed by atoms with Gasteiger partial charge in [-0.3, -0.25) is 4.98 Å². The van der Waals surface area contributed by atoms with Gasteiger partial charge in [-0.15, -0.1) is 0 Å². The molecule has 204 valence electrons. The summed E-state index contributed by atoms with van der Waals surface area (Å²) >= 11 is 0. The fraction of sp³-hybridized carbons (Fsp3) is 0.200. The maximum atomic E-state index is 10.9. The molecule has 2 atom stereocenters. The molecule has 41 heavy (non-hydrogen) atoms. The van der Waals surface area contributed by atoms with Crippen LogP contribution in [0.4, 0.5) is 5.82 Å². The molecule has 1 aromatic carbocycles. The first kappa shape index (κ1) is 27.0. The van der Waals surface area contributed by atoms with E-state index in [0.29, 0.717) is 11.1 Å². The largest absolute Gasteiger partial charge is 0.450 e. The standard InChI is InChI=1S/C25H20B2N6O8/c1-13-4-2-5-14(8-13)16-11-29-32(12-16)21-30-17-9-18(15-6-3-7-28-10-15)40-19(17)20(31-21)33-24(36,37)22(26,34)41-23(27,35)25(33,38)39/h2-12,34-39H,1H3. The highest BCUT2D eigenvalue weighted by Crippen LogP contribution is 2.46. The summed E-state index contributed by atoms with van der Waals surface area (Å²) in [6.07, 6.45) is 6.13. The number of rotatable bonds is 4. The average molecular weight is 554 g/mol. The van der Waals surface area contributed by atoms with Gasteiger partial charge in [0.05, 0.1) is 6.20 Å². The molecule has 2 unspecified atom stereocenters. The first-order valence-corrected chi connectivity index (χ1v) is 12.0. The molecule has 1 aliphatic rings. The number of aliphatic hydroxyl groups is 6. The van der Waals surface area contributed by atoms with Gasteiger partial charge < -0.3 is 39.8 Å². The van der Waals surface area contributed by atoms with Gasteiger partial charge in [0.15, 0.2) is 38.5 Å². The van der Waals surface area contributed by atoms with Gasteiger partial charge in [-0.2, -0.15) is 10.1 Å². The van der Waals surface area contributed by atoms with Crippen LogP contribution in [0.25, 0.3) is 39.5 Å². The van der Waals surface area contributed by atoms with Crippen LogP contribution < -0.4 is 4.90 Å². The summed E-state index contributed by atoms with van der Waals surface area (Å²) in [6, 6.07) is 12.4. The third kappa shape index (κ3) is 4.20. The Hall–Kier alpha value is -4.15. The van der Waals surface area contributed by atoms with Crippen molar-refractivity contribution < 1.29 is 39.8 Å². The van der Waals surface area contributed by atoms with Gasteiger partial charge >= 0.3 is 0 Å². The Kier molecular flexibility index (Phi) is 5.89. The molecule has 0 amide bonds. The molecule has 4 aromatic heterocycles. The second-order valence-corrected chi connectivity index (χ2v) is 9.56. The lowest BCUT2D eigenvalue weighted by molar-refractivity contribution is -0.473. The highest BCUT2D eigenvalue weighted by molar-refractivity contribution is 6.17. The molecule has 5 aromatic rings. The van der Waals surface area contributed by atoms with Gasteiger partial charge in [-0.25, -0.2) is 14.6 Å². The number of hydrogen-bond acceptors (Lipinski definition) is 13. The molecule has 0 aliphatic carbocycles. The summed E-state index contributed by atoms with van der Waals surface area (Å²) < 4.78 is 11.5. The van der Waals surface area contributed by atoms with Crippen molar-refractivity contribution in [1.82, 2.24) is 24.7 Å². The molecule has 14 nitrogen and oxygen atoms in total. The molecular weight excluding hydrogens is 534 g/mol. The van der Waals surface area contributed by atoms with Crippen LogP contribution in [0.5, 0.6) is 0 Å². The van der Waals surface area contributed by atoms with Gasteiger partial charge in [0.25, 0.3) is 17.8 Å². The SMILES string of the molecule is [B]C1(O)OC([B])(O)C(O)(O)N(c2nc(-n3cc(-c4cccc(C)c4)cn3)nc3cc(-c4cccnc4)oc23)C1(O)O. The van der Waals surface area contributed by atoms with Crippen molar-refractivity contribution >= 4 is 32.6 Å². The van der Waals surface area contributed by atoms with Crippen molar-refractivity contribution in [3.05, 3.63) is 72.8 Å². The molecule has 1 saturated heterocycles. The Labute approximate surface area is 233 Å². The van der Waals surface area contributed by atoms with Crippen LogP contribution in [0.2, 0.25) is 0 Å². The topological polar surface area (TPSA) is 203 Å². The quantitative estimate of drug-likeness (QED) is 0.119. The summed E-state index contributed by atoms with van der Waals surface area (Å²) in [5.74, 6) is -8.58. The number of nitrogens with zero attached hydrogens (tertiary/aromatic N) is 6. The predicted octanol–water partition coefficient (Wildman–Crippen LogP) is -0.811. The monoisotopic (exact) mass is 554 g/mol. The molecule has 0 saturated carbocycles. The van der Waals surface area contributed by atoms with Gasteiger partial charge in [0, 0.05) is 35.8 Å². The Balaban J connectivity index is 1.60. The summed E-state index contributed by atoms with van der Waals surface area (Å²) in [6.45, 7) is 1.93. The first-order valence-electron chi connectivity index (χ1n) is 12.0. The number of aromatic nitrogens is 5. The minimum atomic E-state index is -3.88. The number of pyridine rings is 1. The molecule has 5 heterocycles. The van der Waals surface area contributed by atoms with Crippen LogP contribution in [-0.4, -0.2) is 94.3 Å².